The van der Waals surface area contributed by atoms with E-state index in [1.54, 1.807) is 0 Å². The second-order valence-electron chi connectivity index (χ2n) is 2.66. The van der Waals surface area contributed by atoms with Crippen molar-refractivity contribution in [2.45, 2.75) is 38.1 Å². The van der Waals surface area contributed by atoms with Crippen LogP contribution in [0.25, 0.3) is 0 Å². The lowest BCUT2D eigenvalue weighted by molar-refractivity contribution is -0.0913. The highest BCUT2D eigenvalue weighted by atomic mass is 16.6. The molecule has 0 aliphatic carbocycles. The van der Waals surface area contributed by atoms with E-state index in [-0.39, 0.29) is 6.10 Å². The summed E-state index contributed by atoms with van der Waals surface area (Å²) in [7, 11) is 0. The first-order valence-corrected chi connectivity index (χ1v) is 3.77. The largest absolute Gasteiger partial charge is 0.368 e. The molecular formula is C8H14O2. The van der Waals surface area contributed by atoms with Gasteiger partial charge in [0.15, 0.2) is 6.29 Å². The van der Waals surface area contributed by atoms with E-state index in [9.17, 15) is 0 Å². The molecule has 2 atom stereocenters. The maximum atomic E-state index is 8.95. The van der Waals surface area contributed by atoms with Crippen molar-refractivity contribution in [3.05, 3.63) is 12.7 Å². The fraction of sp³-hybridized carbons (Fsp3) is 0.750. The van der Waals surface area contributed by atoms with Gasteiger partial charge in [0.2, 0.25) is 0 Å². The van der Waals surface area contributed by atoms with Gasteiger partial charge >= 0.3 is 0 Å². The molecule has 10 heavy (non-hydrogen) atoms. The molecule has 2 heteroatoms. The van der Waals surface area contributed by atoms with Crippen LogP contribution in [0.5, 0.6) is 0 Å². The van der Waals surface area contributed by atoms with Crippen LogP contribution >= 0.6 is 0 Å². The number of rotatable bonds is 3. The molecule has 1 fully saturated rings. The molecule has 1 aliphatic heterocycles. The number of allylic oxidation sites excluding steroid dienone is 1. The lowest BCUT2D eigenvalue weighted by atomic mass is 10.1. The third kappa shape index (κ3) is 2.12. The number of ether oxygens (including phenoxy) is 1. The van der Waals surface area contributed by atoms with Crippen molar-refractivity contribution in [3.63, 3.8) is 0 Å². The Morgan fingerprint density at radius 1 is 1.60 bits per heavy atom. The Hall–Kier alpha value is -0.340. The number of aliphatic hydroxyl groups is 1. The topological polar surface area (TPSA) is 29.5 Å². The Balaban J connectivity index is 2.12. The van der Waals surface area contributed by atoms with Crippen LogP contribution in [-0.2, 0) is 4.74 Å². The first-order valence-electron chi connectivity index (χ1n) is 3.77. The van der Waals surface area contributed by atoms with Gasteiger partial charge in [-0.1, -0.05) is 6.08 Å². The molecule has 0 amide bonds. The summed E-state index contributed by atoms with van der Waals surface area (Å²) in [6.45, 7) is 3.62. The summed E-state index contributed by atoms with van der Waals surface area (Å²) in [5, 5.41) is 8.95. The first kappa shape index (κ1) is 7.76. The lowest BCUT2D eigenvalue weighted by Crippen LogP contribution is -2.09. The van der Waals surface area contributed by atoms with Gasteiger partial charge in [-0.15, -0.1) is 6.58 Å². The van der Waals surface area contributed by atoms with Crippen LogP contribution in [0.3, 0.4) is 0 Å². The zero-order chi connectivity index (χ0) is 7.40. The second kappa shape index (κ2) is 3.74. The summed E-state index contributed by atoms with van der Waals surface area (Å²) in [5.74, 6) is 0. The van der Waals surface area contributed by atoms with Gasteiger partial charge in [0, 0.05) is 6.42 Å². The van der Waals surface area contributed by atoms with Crippen molar-refractivity contribution in [3.8, 4) is 0 Å². The maximum absolute atomic E-state index is 8.95. The smallest absolute Gasteiger partial charge is 0.154 e. The molecule has 58 valence electrons. The summed E-state index contributed by atoms with van der Waals surface area (Å²) in [5.41, 5.74) is 0. The molecule has 1 saturated heterocycles. The molecule has 0 unspecified atom stereocenters. The summed E-state index contributed by atoms with van der Waals surface area (Å²) in [6.07, 6.45) is 5.42. The molecule has 0 spiro atoms. The zero-order valence-corrected chi connectivity index (χ0v) is 6.12. The Labute approximate surface area is 61.5 Å². The van der Waals surface area contributed by atoms with Crippen molar-refractivity contribution >= 4 is 0 Å². The Morgan fingerprint density at radius 2 is 2.40 bits per heavy atom. The molecule has 0 bridgehead atoms. The third-order valence-corrected chi connectivity index (χ3v) is 1.78. The van der Waals surface area contributed by atoms with Crippen molar-refractivity contribution < 1.29 is 9.84 Å². The quantitative estimate of drug-likeness (QED) is 0.604. The van der Waals surface area contributed by atoms with Crippen molar-refractivity contribution in [2.24, 2.45) is 0 Å². The molecule has 2 nitrogen and oxygen atoms in total. The van der Waals surface area contributed by atoms with E-state index in [4.69, 9.17) is 9.84 Å². The number of aliphatic hydroxyl groups excluding tert-OH is 1. The predicted molar refractivity (Wildman–Crippen MR) is 39.5 cm³/mol. The minimum atomic E-state index is -0.505. The van der Waals surface area contributed by atoms with Gasteiger partial charge in [-0.3, -0.25) is 0 Å². The van der Waals surface area contributed by atoms with Crippen molar-refractivity contribution in [1.82, 2.24) is 0 Å². The molecule has 1 N–H and O–H groups in total. The zero-order valence-electron chi connectivity index (χ0n) is 6.12. The van der Waals surface area contributed by atoms with Gasteiger partial charge in [0.05, 0.1) is 6.10 Å². The lowest BCUT2D eigenvalue weighted by Gasteiger charge is -2.07. The van der Waals surface area contributed by atoms with Crippen LogP contribution in [0.1, 0.15) is 25.7 Å². The van der Waals surface area contributed by atoms with Gasteiger partial charge in [0.25, 0.3) is 0 Å². The molecule has 1 rings (SSSR count). The van der Waals surface area contributed by atoms with Crippen LogP contribution in [-0.4, -0.2) is 17.5 Å². The fourth-order valence-corrected chi connectivity index (χ4v) is 1.20. The normalized spacial score (nSPS) is 32.5. The summed E-state index contributed by atoms with van der Waals surface area (Å²) in [4.78, 5) is 0. The van der Waals surface area contributed by atoms with Gasteiger partial charge < -0.3 is 9.84 Å². The molecule has 1 heterocycles. The van der Waals surface area contributed by atoms with Crippen molar-refractivity contribution in [2.75, 3.05) is 0 Å². The molecule has 0 aromatic rings. The van der Waals surface area contributed by atoms with Crippen LogP contribution in [0.2, 0.25) is 0 Å². The monoisotopic (exact) mass is 142 g/mol. The summed E-state index contributed by atoms with van der Waals surface area (Å²) >= 11 is 0. The highest BCUT2D eigenvalue weighted by Crippen LogP contribution is 2.21. The summed E-state index contributed by atoms with van der Waals surface area (Å²) < 4.78 is 5.17. The van der Waals surface area contributed by atoms with E-state index in [0.717, 1.165) is 25.7 Å². The van der Waals surface area contributed by atoms with E-state index in [2.05, 4.69) is 6.58 Å². The van der Waals surface area contributed by atoms with Crippen molar-refractivity contribution in [1.29, 1.82) is 0 Å². The molecule has 0 aromatic carbocycles. The first-order chi connectivity index (χ1) is 4.83. The SMILES string of the molecule is C=CCC[C@H]1CC[C@H](O)O1. The fourth-order valence-electron chi connectivity index (χ4n) is 1.20. The average Bonchev–Trinajstić information content (AvgIpc) is 2.31. The third-order valence-electron chi connectivity index (χ3n) is 1.78. The number of hydrogen-bond donors (Lipinski definition) is 1. The minimum Gasteiger partial charge on any atom is -0.368 e. The van der Waals surface area contributed by atoms with Crippen LogP contribution in [0.4, 0.5) is 0 Å². The Bertz CT molecular complexity index is 112. The van der Waals surface area contributed by atoms with Gasteiger partial charge in [-0.25, -0.2) is 0 Å². The maximum Gasteiger partial charge on any atom is 0.154 e. The molecule has 0 aromatic heterocycles. The van der Waals surface area contributed by atoms with E-state index in [0.29, 0.717) is 0 Å². The number of hydrogen-bond acceptors (Lipinski definition) is 2. The molecule has 0 saturated carbocycles. The molecular weight excluding hydrogens is 128 g/mol. The van der Waals surface area contributed by atoms with E-state index < -0.39 is 6.29 Å². The Morgan fingerprint density at radius 3 is 2.90 bits per heavy atom. The Kier molecular flexibility index (Phi) is 2.90. The van der Waals surface area contributed by atoms with Crippen LogP contribution in [0.15, 0.2) is 12.7 Å². The van der Waals surface area contributed by atoms with E-state index in [1.165, 1.54) is 0 Å². The molecule has 0 radical (unpaired) electrons. The van der Waals surface area contributed by atoms with E-state index >= 15 is 0 Å². The van der Waals surface area contributed by atoms with Gasteiger partial charge in [-0.05, 0) is 19.3 Å². The van der Waals surface area contributed by atoms with Crippen LogP contribution < -0.4 is 0 Å². The predicted octanol–water partition coefficient (Wildman–Crippen LogP) is 1.45. The molecule has 1 aliphatic rings. The van der Waals surface area contributed by atoms with Crippen LogP contribution in [0, 0.1) is 0 Å². The minimum absolute atomic E-state index is 0.271. The second-order valence-corrected chi connectivity index (χ2v) is 2.66. The highest BCUT2D eigenvalue weighted by molar-refractivity contribution is 4.73. The van der Waals surface area contributed by atoms with Gasteiger partial charge in [-0.2, -0.15) is 0 Å². The van der Waals surface area contributed by atoms with E-state index in [1.807, 2.05) is 6.08 Å². The summed E-state index contributed by atoms with van der Waals surface area (Å²) in [6, 6.07) is 0. The highest BCUT2D eigenvalue weighted by Gasteiger charge is 2.21. The average molecular weight is 142 g/mol. The standard InChI is InChI=1S/C8H14O2/c1-2-3-4-7-5-6-8(9)10-7/h2,7-9H,1,3-6H2/t7-,8+/m0/s1. The van der Waals surface area contributed by atoms with Gasteiger partial charge in [0.1, 0.15) is 0 Å².